The van der Waals surface area contributed by atoms with Gasteiger partial charge >= 0.3 is 5.97 Å². The third-order valence-corrected chi connectivity index (χ3v) is 4.04. The summed E-state index contributed by atoms with van der Waals surface area (Å²) in [4.78, 5) is 23.8. The van der Waals surface area contributed by atoms with Crippen molar-refractivity contribution in [1.82, 2.24) is 0 Å². The SMILES string of the molecule is CS(=O)Cc1cccc(C(=O)OCC(=O)Nc2cc(Cl)ccc2F)c1. The topological polar surface area (TPSA) is 72.5 Å². The molecule has 0 fully saturated rings. The molecule has 0 heterocycles. The number of esters is 1. The Bertz CT molecular complexity index is 828. The lowest BCUT2D eigenvalue weighted by Gasteiger charge is -2.08. The molecule has 2 aromatic rings. The van der Waals surface area contributed by atoms with Crippen molar-refractivity contribution in [2.75, 3.05) is 18.2 Å². The van der Waals surface area contributed by atoms with Crippen molar-refractivity contribution in [2.45, 2.75) is 5.75 Å². The van der Waals surface area contributed by atoms with Gasteiger partial charge in [0.2, 0.25) is 0 Å². The second-order valence-electron chi connectivity index (χ2n) is 5.17. The first-order chi connectivity index (χ1) is 11.8. The Kier molecular flexibility index (Phi) is 6.66. The van der Waals surface area contributed by atoms with Crippen LogP contribution in [0.1, 0.15) is 15.9 Å². The number of rotatable bonds is 6. The monoisotopic (exact) mass is 383 g/mol. The molecule has 0 spiro atoms. The lowest BCUT2D eigenvalue weighted by Crippen LogP contribution is -2.21. The van der Waals surface area contributed by atoms with Crippen LogP contribution in [0, 0.1) is 5.82 Å². The highest BCUT2D eigenvalue weighted by atomic mass is 35.5. The number of benzene rings is 2. The fraction of sp³-hybridized carbons (Fsp3) is 0.176. The molecule has 1 amide bonds. The average Bonchev–Trinajstić information content (AvgIpc) is 2.55. The van der Waals surface area contributed by atoms with Crippen molar-refractivity contribution < 1.29 is 22.9 Å². The fourth-order valence-electron chi connectivity index (χ4n) is 2.02. The van der Waals surface area contributed by atoms with Crippen LogP contribution in [0.15, 0.2) is 42.5 Å². The Morgan fingerprint density at radius 1 is 1.24 bits per heavy atom. The van der Waals surface area contributed by atoms with Gasteiger partial charge < -0.3 is 10.1 Å². The molecule has 5 nitrogen and oxygen atoms in total. The molecule has 2 aromatic carbocycles. The molecule has 2 rings (SSSR count). The highest BCUT2D eigenvalue weighted by molar-refractivity contribution is 7.83. The van der Waals surface area contributed by atoms with Crippen LogP contribution in [0.2, 0.25) is 5.02 Å². The summed E-state index contributed by atoms with van der Waals surface area (Å²) < 4.78 is 29.7. The largest absolute Gasteiger partial charge is 0.452 e. The molecule has 0 radical (unpaired) electrons. The number of anilines is 1. The van der Waals surface area contributed by atoms with Gasteiger partial charge in [-0.2, -0.15) is 0 Å². The molecular formula is C17H15ClFNO4S. The summed E-state index contributed by atoms with van der Waals surface area (Å²) in [5.74, 6) is -1.73. The molecule has 1 unspecified atom stereocenters. The Hall–Kier alpha value is -2.25. The van der Waals surface area contributed by atoms with Crippen LogP contribution in [0.4, 0.5) is 10.1 Å². The van der Waals surface area contributed by atoms with Crippen LogP contribution in [0.5, 0.6) is 0 Å². The number of carbonyl (C=O) groups excluding carboxylic acids is 2. The molecule has 0 saturated heterocycles. The van der Waals surface area contributed by atoms with Crippen LogP contribution in [0.25, 0.3) is 0 Å². The van der Waals surface area contributed by atoms with E-state index in [4.69, 9.17) is 16.3 Å². The zero-order chi connectivity index (χ0) is 18.4. The summed E-state index contributed by atoms with van der Waals surface area (Å²) in [7, 11) is -1.04. The second kappa shape index (κ2) is 8.73. The van der Waals surface area contributed by atoms with Gasteiger partial charge in [-0.25, -0.2) is 9.18 Å². The zero-order valence-corrected chi connectivity index (χ0v) is 14.8. The summed E-state index contributed by atoms with van der Waals surface area (Å²) in [6, 6.07) is 10.2. The van der Waals surface area contributed by atoms with Crippen LogP contribution < -0.4 is 5.32 Å². The third kappa shape index (κ3) is 5.95. The van der Waals surface area contributed by atoms with E-state index in [9.17, 15) is 18.2 Å². The average molecular weight is 384 g/mol. The summed E-state index contributed by atoms with van der Waals surface area (Å²) in [5, 5.41) is 2.54. The Morgan fingerprint density at radius 3 is 2.72 bits per heavy atom. The molecule has 0 saturated carbocycles. The Labute approximate surface area is 151 Å². The number of amides is 1. The van der Waals surface area contributed by atoms with Crippen molar-refractivity contribution in [3.05, 3.63) is 64.4 Å². The minimum atomic E-state index is -1.04. The number of nitrogens with one attached hydrogen (secondary N) is 1. The van der Waals surface area contributed by atoms with Crippen LogP contribution in [-0.2, 0) is 26.1 Å². The molecule has 0 aliphatic carbocycles. The van der Waals surface area contributed by atoms with E-state index in [2.05, 4.69) is 5.32 Å². The van der Waals surface area contributed by atoms with Crippen LogP contribution >= 0.6 is 11.6 Å². The van der Waals surface area contributed by atoms with Gasteiger partial charge in [0, 0.05) is 27.8 Å². The van der Waals surface area contributed by atoms with Crippen molar-refractivity contribution in [3.8, 4) is 0 Å². The van der Waals surface area contributed by atoms with Crippen LogP contribution in [-0.4, -0.2) is 28.9 Å². The van der Waals surface area contributed by atoms with Crippen molar-refractivity contribution in [1.29, 1.82) is 0 Å². The highest BCUT2D eigenvalue weighted by Crippen LogP contribution is 2.19. The molecule has 25 heavy (non-hydrogen) atoms. The second-order valence-corrected chi connectivity index (χ2v) is 7.04. The number of hydrogen-bond acceptors (Lipinski definition) is 4. The van der Waals surface area contributed by atoms with E-state index >= 15 is 0 Å². The van der Waals surface area contributed by atoms with E-state index in [1.807, 2.05) is 0 Å². The van der Waals surface area contributed by atoms with E-state index in [1.54, 1.807) is 24.5 Å². The third-order valence-electron chi connectivity index (χ3n) is 3.07. The highest BCUT2D eigenvalue weighted by Gasteiger charge is 2.13. The maximum Gasteiger partial charge on any atom is 0.338 e. The van der Waals surface area contributed by atoms with E-state index < -0.39 is 35.1 Å². The van der Waals surface area contributed by atoms with Crippen LogP contribution in [0.3, 0.4) is 0 Å². The maximum atomic E-state index is 13.5. The Morgan fingerprint density at radius 2 is 2.00 bits per heavy atom. The quantitative estimate of drug-likeness (QED) is 0.778. The number of halogens is 2. The first-order valence-corrected chi connectivity index (χ1v) is 9.26. The standard InChI is InChI=1S/C17H15ClFNO4S/c1-25(23)10-11-3-2-4-12(7-11)17(22)24-9-16(21)20-15-8-13(18)5-6-14(15)19/h2-8H,9-10H2,1H3,(H,20,21). The van der Waals surface area contributed by atoms with Gasteiger partial charge in [-0.1, -0.05) is 23.7 Å². The molecule has 8 heteroatoms. The van der Waals surface area contributed by atoms with Gasteiger partial charge in [-0.15, -0.1) is 0 Å². The predicted octanol–water partition coefficient (Wildman–Crippen LogP) is 3.15. The first kappa shape index (κ1) is 19.1. The summed E-state index contributed by atoms with van der Waals surface area (Å²) in [6.45, 7) is -0.575. The maximum absolute atomic E-state index is 13.5. The van der Waals surface area contributed by atoms with Crippen molar-refractivity contribution >= 4 is 40.0 Å². The molecule has 0 aliphatic rings. The molecule has 0 bridgehead atoms. The summed E-state index contributed by atoms with van der Waals surface area (Å²) >= 11 is 5.73. The Balaban J connectivity index is 1.94. The molecular weight excluding hydrogens is 369 g/mol. The fourth-order valence-corrected chi connectivity index (χ4v) is 2.84. The van der Waals surface area contributed by atoms with Gasteiger partial charge in [0.25, 0.3) is 5.91 Å². The minimum Gasteiger partial charge on any atom is -0.452 e. The lowest BCUT2D eigenvalue weighted by molar-refractivity contribution is -0.119. The van der Waals surface area contributed by atoms with Gasteiger partial charge in [0.15, 0.2) is 6.61 Å². The molecule has 1 atom stereocenters. The molecule has 1 N–H and O–H groups in total. The van der Waals surface area contributed by atoms with Gasteiger partial charge in [0.05, 0.1) is 11.3 Å². The number of carbonyl (C=O) groups is 2. The van der Waals surface area contributed by atoms with Crippen molar-refractivity contribution in [3.63, 3.8) is 0 Å². The first-order valence-electron chi connectivity index (χ1n) is 7.16. The normalized spacial score (nSPS) is 11.6. The van der Waals surface area contributed by atoms with E-state index in [1.165, 1.54) is 18.2 Å². The number of hydrogen-bond donors (Lipinski definition) is 1. The molecule has 132 valence electrons. The molecule has 0 aliphatic heterocycles. The van der Waals surface area contributed by atoms with E-state index in [0.717, 1.165) is 11.6 Å². The van der Waals surface area contributed by atoms with Gasteiger partial charge in [-0.05, 0) is 35.9 Å². The molecule has 0 aromatic heterocycles. The van der Waals surface area contributed by atoms with E-state index in [0.29, 0.717) is 5.75 Å². The minimum absolute atomic E-state index is 0.0963. The summed E-state index contributed by atoms with van der Waals surface area (Å²) in [5.41, 5.74) is 0.867. The van der Waals surface area contributed by atoms with Crippen molar-refractivity contribution in [2.24, 2.45) is 0 Å². The predicted molar refractivity (Wildman–Crippen MR) is 94.5 cm³/mol. The summed E-state index contributed by atoms with van der Waals surface area (Å²) in [6.07, 6.45) is 1.56. The zero-order valence-electron chi connectivity index (χ0n) is 13.3. The lowest BCUT2D eigenvalue weighted by atomic mass is 10.1. The van der Waals surface area contributed by atoms with Gasteiger partial charge in [-0.3, -0.25) is 9.00 Å². The number of ether oxygens (including phenoxy) is 1. The van der Waals surface area contributed by atoms with E-state index in [-0.39, 0.29) is 16.3 Å². The smallest absolute Gasteiger partial charge is 0.338 e. The van der Waals surface area contributed by atoms with Gasteiger partial charge in [0.1, 0.15) is 5.82 Å².